The zero-order valence-corrected chi connectivity index (χ0v) is 11.4. The van der Waals surface area contributed by atoms with E-state index in [1.807, 2.05) is 0 Å². The third-order valence-electron chi connectivity index (χ3n) is 2.70. The Kier molecular flexibility index (Phi) is 4.55. The molecule has 1 aromatic carbocycles. The average molecular weight is 290 g/mol. The summed E-state index contributed by atoms with van der Waals surface area (Å²) in [6, 6.07) is 8.98. The molecule has 7 heteroatoms. The van der Waals surface area contributed by atoms with Crippen LogP contribution in [0.2, 0.25) is 0 Å². The molecule has 0 spiro atoms. The van der Waals surface area contributed by atoms with Gasteiger partial charge in [0, 0.05) is 12.1 Å². The van der Waals surface area contributed by atoms with Gasteiger partial charge in [-0.3, -0.25) is 4.79 Å². The molecule has 0 fully saturated rings. The monoisotopic (exact) mass is 290 g/mol. The Hall–Kier alpha value is -2.83. The Morgan fingerprint density at radius 3 is 2.86 bits per heavy atom. The van der Waals surface area contributed by atoms with Crippen LogP contribution in [-0.2, 0) is 6.54 Å². The number of hydrogen-bond acceptors (Lipinski definition) is 5. The lowest BCUT2D eigenvalue weighted by atomic mass is 10.2. The standard InChI is InChI=1S/C14H14N2O5/c1-20-12-5-6-13(17)16(15-12)7-8-21-11-4-2-3-10(9-11)14(18)19/h2-6,9H,7-8H2,1H3,(H,18,19). The molecular weight excluding hydrogens is 276 g/mol. The molecule has 0 bridgehead atoms. The van der Waals surface area contributed by atoms with Crippen LogP contribution in [0.5, 0.6) is 11.6 Å². The summed E-state index contributed by atoms with van der Waals surface area (Å²) < 4.78 is 11.6. The normalized spacial score (nSPS) is 10.1. The highest BCUT2D eigenvalue weighted by atomic mass is 16.5. The Morgan fingerprint density at radius 2 is 2.14 bits per heavy atom. The molecule has 7 nitrogen and oxygen atoms in total. The third-order valence-corrected chi connectivity index (χ3v) is 2.70. The SMILES string of the molecule is COc1ccc(=O)n(CCOc2cccc(C(=O)O)c2)n1. The molecule has 21 heavy (non-hydrogen) atoms. The van der Waals surface area contributed by atoms with Crippen molar-refractivity contribution in [2.75, 3.05) is 13.7 Å². The molecule has 1 heterocycles. The molecule has 0 aliphatic carbocycles. The van der Waals surface area contributed by atoms with Crippen LogP contribution in [0.1, 0.15) is 10.4 Å². The number of carbonyl (C=O) groups is 1. The largest absolute Gasteiger partial charge is 0.492 e. The van der Waals surface area contributed by atoms with E-state index in [-0.39, 0.29) is 24.3 Å². The second kappa shape index (κ2) is 6.56. The number of ether oxygens (including phenoxy) is 2. The van der Waals surface area contributed by atoms with Gasteiger partial charge < -0.3 is 14.6 Å². The van der Waals surface area contributed by atoms with Crippen LogP contribution in [0.25, 0.3) is 0 Å². The van der Waals surface area contributed by atoms with Crippen molar-refractivity contribution in [3.05, 3.63) is 52.3 Å². The molecule has 0 unspecified atom stereocenters. The van der Waals surface area contributed by atoms with E-state index in [9.17, 15) is 9.59 Å². The first-order chi connectivity index (χ1) is 10.1. The van der Waals surface area contributed by atoms with Crippen molar-refractivity contribution in [2.45, 2.75) is 6.54 Å². The molecular formula is C14H14N2O5. The summed E-state index contributed by atoms with van der Waals surface area (Å²) in [6.07, 6.45) is 0. The van der Waals surface area contributed by atoms with Gasteiger partial charge in [0.2, 0.25) is 5.88 Å². The molecule has 0 saturated heterocycles. The average Bonchev–Trinajstić information content (AvgIpc) is 2.49. The number of hydrogen-bond donors (Lipinski definition) is 1. The molecule has 0 amide bonds. The Labute approximate surface area is 120 Å². The predicted molar refractivity (Wildman–Crippen MR) is 73.9 cm³/mol. The minimum absolute atomic E-state index is 0.143. The highest BCUT2D eigenvalue weighted by Gasteiger charge is 2.05. The smallest absolute Gasteiger partial charge is 0.335 e. The van der Waals surface area contributed by atoms with E-state index in [4.69, 9.17) is 14.6 Å². The predicted octanol–water partition coefficient (Wildman–Crippen LogP) is 1.03. The summed E-state index contributed by atoms with van der Waals surface area (Å²) in [5, 5.41) is 12.9. The zero-order chi connectivity index (χ0) is 15.2. The van der Waals surface area contributed by atoms with Crippen molar-refractivity contribution in [2.24, 2.45) is 0 Å². The fourth-order valence-corrected chi connectivity index (χ4v) is 1.67. The van der Waals surface area contributed by atoms with E-state index >= 15 is 0 Å². The molecule has 0 atom stereocenters. The van der Waals surface area contributed by atoms with Gasteiger partial charge in [0.15, 0.2) is 0 Å². The first-order valence-corrected chi connectivity index (χ1v) is 6.18. The van der Waals surface area contributed by atoms with E-state index < -0.39 is 5.97 Å². The number of aromatic carboxylic acids is 1. The summed E-state index contributed by atoms with van der Waals surface area (Å²) >= 11 is 0. The maximum Gasteiger partial charge on any atom is 0.335 e. The lowest BCUT2D eigenvalue weighted by Crippen LogP contribution is -2.25. The van der Waals surface area contributed by atoms with E-state index in [2.05, 4.69) is 5.10 Å². The van der Waals surface area contributed by atoms with Crippen LogP contribution < -0.4 is 15.0 Å². The van der Waals surface area contributed by atoms with Gasteiger partial charge in [-0.1, -0.05) is 6.07 Å². The molecule has 2 aromatic rings. The second-order valence-electron chi connectivity index (χ2n) is 4.12. The van der Waals surface area contributed by atoms with Crippen LogP contribution in [0.15, 0.2) is 41.2 Å². The molecule has 0 aliphatic rings. The Balaban J connectivity index is 2.00. The molecule has 1 N–H and O–H groups in total. The van der Waals surface area contributed by atoms with Crippen molar-refractivity contribution in [3.8, 4) is 11.6 Å². The van der Waals surface area contributed by atoms with Crippen LogP contribution in [-0.4, -0.2) is 34.6 Å². The fraction of sp³-hybridized carbons (Fsp3) is 0.214. The van der Waals surface area contributed by atoms with E-state index in [0.29, 0.717) is 11.6 Å². The van der Waals surface area contributed by atoms with Gasteiger partial charge in [0.05, 0.1) is 19.2 Å². The Bertz CT molecular complexity index is 696. The quantitative estimate of drug-likeness (QED) is 0.854. The van der Waals surface area contributed by atoms with Crippen LogP contribution in [0, 0.1) is 0 Å². The van der Waals surface area contributed by atoms with Gasteiger partial charge in [0.25, 0.3) is 5.56 Å². The molecule has 0 saturated carbocycles. The van der Waals surface area contributed by atoms with Crippen molar-refractivity contribution in [1.29, 1.82) is 0 Å². The number of carboxylic acid groups (broad SMARTS) is 1. The second-order valence-corrected chi connectivity index (χ2v) is 4.12. The van der Waals surface area contributed by atoms with E-state index in [1.54, 1.807) is 12.1 Å². The van der Waals surface area contributed by atoms with Gasteiger partial charge in [-0.05, 0) is 18.2 Å². The summed E-state index contributed by atoms with van der Waals surface area (Å²) in [5.41, 5.74) is -0.122. The number of aromatic nitrogens is 2. The minimum atomic E-state index is -1.02. The van der Waals surface area contributed by atoms with Crippen LogP contribution in [0.4, 0.5) is 0 Å². The lowest BCUT2D eigenvalue weighted by Gasteiger charge is -2.08. The zero-order valence-electron chi connectivity index (χ0n) is 11.4. The highest BCUT2D eigenvalue weighted by Crippen LogP contribution is 2.13. The molecule has 1 aromatic heterocycles. The van der Waals surface area contributed by atoms with Gasteiger partial charge in [0.1, 0.15) is 12.4 Å². The number of nitrogens with zero attached hydrogens (tertiary/aromatic N) is 2. The molecule has 2 rings (SSSR count). The van der Waals surface area contributed by atoms with E-state index in [0.717, 1.165) is 0 Å². The van der Waals surface area contributed by atoms with Gasteiger partial charge in [-0.15, -0.1) is 5.10 Å². The summed E-state index contributed by atoms with van der Waals surface area (Å²) in [7, 11) is 1.46. The van der Waals surface area contributed by atoms with Crippen molar-refractivity contribution < 1.29 is 19.4 Å². The minimum Gasteiger partial charge on any atom is -0.492 e. The first-order valence-electron chi connectivity index (χ1n) is 6.18. The molecule has 0 radical (unpaired) electrons. The summed E-state index contributed by atoms with van der Waals surface area (Å²) in [6.45, 7) is 0.413. The Morgan fingerprint density at radius 1 is 1.33 bits per heavy atom. The van der Waals surface area contributed by atoms with Gasteiger partial charge in [-0.2, -0.15) is 0 Å². The maximum atomic E-state index is 11.6. The van der Waals surface area contributed by atoms with Crippen LogP contribution in [0.3, 0.4) is 0 Å². The van der Waals surface area contributed by atoms with E-state index in [1.165, 1.54) is 36.1 Å². The van der Waals surface area contributed by atoms with Crippen molar-refractivity contribution >= 4 is 5.97 Å². The first kappa shape index (κ1) is 14.6. The lowest BCUT2D eigenvalue weighted by molar-refractivity contribution is 0.0696. The van der Waals surface area contributed by atoms with Gasteiger partial charge in [-0.25, -0.2) is 9.48 Å². The fourth-order valence-electron chi connectivity index (χ4n) is 1.67. The molecule has 0 aliphatic heterocycles. The number of carboxylic acids is 1. The number of methoxy groups -OCH3 is 1. The van der Waals surface area contributed by atoms with Gasteiger partial charge >= 0.3 is 5.97 Å². The highest BCUT2D eigenvalue weighted by molar-refractivity contribution is 5.87. The van der Waals surface area contributed by atoms with Crippen LogP contribution >= 0.6 is 0 Å². The number of rotatable bonds is 6. The number of benzene rings is 1. The summed E-state index contributed by atoms with van der Waals surface area (Å²) in [4.78, 5) is 22.4. The maximum absolute atomic E-state index is 11.6. The third kappa shape index (κ3) is 3.82. The van der Waals surface area contributed by atoms with Crippen molar-refractivity contribution in [1.82, 2.24) is 9.78 Å². The van der Waals surface area contributed by atoms with Crippen molar-refractivity contribution in [3.63, 3.8) is 0 Å². The topological polar surface area (TPSA) is 90.7 Å². The molecule has 110 valence electrons. The summed E-state index contributed by atoms with van der Waals surface area (Å²) in [5.74, 6) is -0.264.